The maximum Gasteiger partial charge on any atom is 1.00 e. The number of hydrogen-bond donors (Lipinski definition) is 5. The Morgan fingerprint density at radius 1 is 0.683 bits per heavy atom. The number of hydrogen-bond acceptors (Lipinski definition) is 16. The van der Waals surface area contributed by atoms with Crippen molar-refractivity contribution in [2.24, 2.45) is 25.6 Å². The summed E-state index contributed by atoms with van der Waals surface area (Å²) in [6.07, 6.45) is 0. The van der Waals surface area contributed by atoms with Gasteiger partial charge in [-0.1, -0.05) is 11.8 Å². The number of benzene rings is 4. The van der Waals surface area contributed by atoms with Crippen molar-refractivity contribution in [3.05, 3.63) is 137 Å². The van der Waals surface area contributed by atoms with Crippen molar-refractivity contribution in [2.45, 2.75) is 23.6 Å². The predicted molar refractivity (Wildman–Crippen MR) is 199 cm³/mol. The van der Waals surface area contributed by atoms with Crippen molar-refractivity contribution in [3.8, 4) is 22.9 Å². The van der Waals surface area contributed by atoms with Crippen LogP contribution in [0.5, 0.6) is 11.5 Å². The number of quaternary nitrogens is 1. The number of aromatic hydroxyl groups is 1. The van der Waals surface area contributed by atoms with E-state index in [1.165, 1.54) is 55.5 Å². The molecule has 0 aliphatic carbocycles. The number of aromatic amines is 2. The predicted octanol–water partition coefficient (Wildman–Crippen LogP) is -0.0461. The molecular weight excluding hydrogens is 890 g/mol. The van der Waals surface area contributed by atoms with Crippen molar-refractivity contribution in [1.82, 2.24) is 19.6 Å². The smallest absolute Gasteiger partial charge is 0.871 e. The average Bonchev–Trinajstić information content (AvgIpc) is 3.61. The molecule has 0 atom stereocenters. The van der Waals surface area contributed by atoms with Gasteiger partial charge < -0.3 is 10.2 Å². The van der Waals surface area contributed by atoms with E-state index in [-0.39, 0.29) is 96.0 Å². The first kappa shape index (κ1) is 48.2. The van der Waals surface area contributed by atoms with E-state index >= 15 is 0 Å². The molecule has 0 unspecified atom stereocenters. The van der Waals surface area contributed by atoms with Crippen LogP contribution in [0.3, 0.4) is 0 Å². The molecule has 0 bridgehead atoms. The molecule has 8 N–H and O–H groups in total. The van der Waals surface area contributed by atoms with E-state index in [9.17, 15) is 56.9 Å². The Bertz CT molecular complexity index is 2800. The van der Waals surface area contributed by atoms with Crippen LogP contribution in [-0.2, 0) is 36.8 Å². The third kappa shape index (κ3) is 11.1. The molecule has 0 saturated heterocycles. The number of nitro groups is 2. The molecule has 0 aliphatic rings. The number of phenols is 1. The molecule has 0 spiro atoms. The quantitative estimate of drug-likeness (QED) is 0.0523. The van der Waals surface area contributed by atoms with Crippen molar-refractivity contribution >= 4 is 54.2 Å². The fourth-order valence-corrected chi connectivity index (χ4v) is 5.94. The van der Waals surface area contributed by atoms with E-state index in [1.54, 1.807) is 6.92 Å². The minimum Gasteiger partial charge on any atom is -0.871 e. The summed E-state index contributed by atoms with van der Waals surface area (Å²) in [5, 5.41) is 71.9. The summed E-state index contributed by atoms with van der Waals surface area (Å²) in [5.41, 5.74) is -1.16. The number of H-pyrrole nitrogens is 2. The van der Waals surface area contributed by atoms with Gasteiger partial charge >= 0.3 is 39.6 Å². The number of azo groups is 2. The second-order valence-electron chi connectivity index (χ2n) is 11.8. The van der Waals surface area contributed by atoms with Crippen LogP contribution in [0.4, 0.5) is 34.1 Å². The molecule has 6 aromatic rings. The Balaban J connectivity index is 0.000000310. The zero-order valence-corrected chi connectivity index (χ0v) is 35.7. The number of rotatable bonds is 10. The van der Waals surface area contributed by atoms with Crippen molar-refractivity contribution < 1.29 is 88.4 Å². The zero-order chi connectivity index (χ0) is 42.7. The van der Waals surface area contributed by atoms with Gasteiger partial charge in [-0.3, -0.25) is 40.0 Å². The van der Waals surface area contributed by atoms with Crippen molar-refractivity contribution in [3.63, 3.8) is 0 Å². The summed E-state index contributed by atoms with van der Waals surface area (Å²) >= 11 is 0. The summed E-state index contributed by atoms with van der Waals surface area (Å²) in [5.74, 6) is -0.927. The number of nitrogens with zero attached hydrogens (tertiary/aromatic N) is 8. The molecule has 2 heterocycles. The van der Waals surface area contributed by atoms with Gasteiger partial charge in [0.25, 0.3) is 22.5 Å². The normalized spacial score (nSPS) is 11.4. The molecule has 2 aromatic heterocycles. The molecule has 0 saturated carbocycles. The van der Waals surface area contributed by atoms with E-state index in [2.05, 4.69) is 35.8 Å². The second kappa shape index (κ2) is 19.3. The summed E-state index contributed by atoms with van der Waals surface area (Å²) in [6.45, 7) is 3.10. The van der Waals surface area contributed by atoms with Gasteiger partial charge in [-0.25, -0.2) is 28.1 Å². The summed E-state index contributed by atoms with van der Waals surface area (Å²) in [4.78, 5) is 45.4. The van der Waals surface area contributed by atoms with Gasteiger partial charge in [0.15, 0.2) is 11.4 Å². The van der Waals surface area contributed by atoms with Crippen LogP contribution in [0.1, 0.15) is 11.4 Å². The number of nitro benzene ring substituents is 2. The number of phenolic OH excluding ortho intramolecular Hbond substituents is 1. The monoisotopic (exact) mass is 918 g/mol. The van der Waals surface area contributed by atoms with E-state index in [0.29, 0.717) is 22.8 Å². The second-order valence-corrected chi connectivity index (χ2v) is 15.1. The third-order valence-electron chi connectivity index (χ3n) is 7.80. The first-order valence-corrected chi connectivity index (χ1v) is 19.1. The topological polar surface area (TPSA) is 377 Å². The molecule has 24 nitrogen and oxygen atoms in total. The summed E-state index contributed by atoms with van der Waals surface area (Å²) in [7, 11) is -7.50. The molecule has 0 fully saturated rings. The van der Waals surface area contributed by atoms with E-state index in [1.807, 2.05) is 0 Å². The molecular formula is C32H28CoN12NaO12S2+. The number of nitrogens with two attached hydrogens (primary N) is 1. The molecule has 6 rings (SSSR count). The van der Waals surface area contributed by atoms with E-state index in [4.69, 9.17) is 5.14 Å². The third-order valence-corrected chi connectivity index (χ3v) is 9.72. The van der Waals surface area contributed by atoms with Gasteiger partial charge in [0.1, 0.15) is 16.3 Å². The number of aromatic nitrogens is 4. The zero-order valence-electron chi connectivity index (χ0n) is 31.0. The Kier molecular flexibility index (Phi) is 15.5. The Morgan fingerprint density at radius 2 is 1.08 bits per heavy atom. The van der Waals surface area contributed by atoms with Crippen molar-refractivity contribution in [1.29, 1.82) is 0 Å². The fourth-order valence-electron chi connectivity index (χ4n) is 4.87. The largest absolute Gasteiger partial charge is 1.00 e. The van der Waals surface area contributed by atoms with Crippen LogP contribution >= 0.6 is 0 Å². The van der Waals surface area contributed by atoms with Crippen LogP contribution in [0, 0.1) is 34.1 Å². The first-order chi connectivity index (χ1) is 27.1. The first-order valence-electron chi connectivity index (χ1n) is 15.9. The van der Waals surface area contributed by atoms with Crippen LogP contribution in [0.25, 0.3) is 11.4 Å². The van der Waals surface area contributed by atoms with Crippen LogP contribution in [0.2, 0.25) is 0 Å². The number of nitrogens with one attached hydrogen (secondary N) is 2. The van der Waals surface area contributed by atoms with Crippen LogP contribution in [-0.4, -0.2) is 51.3 Å². The minimum absolute atomic E-state index is 0. The average molecular weight is 919 g/mol. The maximum atomic E-state index is 12.6. The van der Waals surface area contributed by atoms with Gasteiger partial charge in [-0.15, -0.1) is 15.3 Å². The van der Waals surface area contributed by atoms with Crippen molar-refractivity contribution in [2.75, 3.05) is 0 Å². The number of primary sulfonamides is 1. The maximum absolute atomic E-state index is 12.6. The molecule has 4 aromatic carbocycles. The molecule has 0 aliphatic heterocycles. The standard InChI is InChI=1S/2C16H14N6O6S.Co.Na/c2*1-9-15(19-18-13-8-11(22(25)26)4-7-14(13)23)16(24)21(20-9)10-2-5-12(6-3-10)29(17,27)28;;/h2*2-8,20,23H,1H3,(H2,17,27,28);;/q;;;+1. The van der Waals surface area contributed by atoms with E-state index < -0.39 is 46.8 Å². The molecule has 1 radical (unpaired) electrons. The molecule has 60 heavy (non-hydrogen) atoms. The summed E-state index contributed by atoms with van der Waals surface area (Å²) < 4.78 is 47.8. The SMILES string of the molecule is Cc1[nH]n(-c2ccc(S(N)(=O)=O)cc2)c(=O)c1N=Nc1cc([N+](=O)[O-])ccc1[O-].Cc1[nH]n(-c2ccc(S([NH3+])(=O)=O)cc2)c(=O)c1N=Nc1cc([N+](=O)[O-])ccc1O.[Co].[Na+]. The molecule has 309 valence electrons. The number of aryl methyl sites for hydroxylation is 2. The van der Waals surface area contributed by atoms with Gasteiger partial charge in [0.2, 0.25) is 10.0 Å². The molecule has 0 amide bonds. The van der Waals surface area contributed by atoms with Crippen LogP contribution in [0.15, 0.2) is 125 Å². The van der Waals surface area contributed by atoms with Gasteiger partial charge in [0.05, 0.1) is 43.2 Å². The summed E-state index contributed by atoms with van der Waals surface area (Å²) in [6, 6.07) is 16.9. The van der Waals surface area contributed by atoms with Gasteiger partial charge in [-0.2, -0.15) is 13.5 Å². The minimum atomic E-state index is -3.88. The molecule has 28 heteroatoms. The fraction of sp³-hybridized carbons (Fsp3) is 0.0625. The number of sulfonamides is 2. The number of non-ortho nitro benzene ring substituents is 2. The van der Waals surface area contributed by atoms with Crippen LogP contribution < -0.4 is 56.1 Å². The Morgan fingerprint density at radius 3 is 1.50 bits per heavy atom. The Hall–Kier alpha value is -6.17. The van der Waals surface area contributed by atoms with Gasteiger partial charge in [0, 0.05) is 41.0 Å². The van der Waals surface area contributed by atoms with E-state index in [0.717, 1.165) is 45.8 Å². The Labute approximate surface area is 369 Å². The van der Waals surface area contributed by atoms with Gasteiger partial charge in [-0.05, 0) is 68.4 Å².